The summed E-state index contributed by atoms with van der Waals surface area (Å²) in [4.78, 5) is 21.9. The molecule has 0 aliphatic carbocycles. The summed E-state index contributed by atoms with van der Waals surface area (Å²) >= 11 is 1.20. The van der Waals surface area contributed by atoms with Crippen molar-refractivity contribution in [2.24, 2.45) is 0 Å². The van der Waals surface area contributed by atoms with Crippen molar-refractivity contribution in [1.29, 1.82) is 0 Å². The molecule has 136 valence electrons. The number of methoxy groups -OCH3 is 1. The van der Waals surface area contributed by atoms with Gasteiger partial charge in [-0.05, 0) is 42.8 Å². The standard InChI is InChI=1S/C19H14FN3O3S/c1-10-5-12(3-4-21-10)14-9-23-18(25)16(27-19(23)22-14)8-11-6-13(20)17(24)15(7-11)26-2/h3-9,24H,1-2H3. The molecule has 8 heteroatoms. The Kier molecular flexibility index (Phi) is 4.12. The summed E-state index contributed by atoms with van der Waals surface area (Å²) in [5, 5.41) is 9.59. The van der Waals surface area contributed by atoms with E-state index in [9.17, 15) is 14.3 Å². The average Bonchev–Trinajstić information content (AvgIpc) is 3.18. The first-order valence-corrected chi connectivity index (χ1v) is 8.81. The summed E-state index contributed by atoms with van der Waals surface area (Å²) in [5.74, 6) is -1.37. The number of rotatable bonds is 3. The Labute approximate surface area is 156 Å². The highest BCUT2D eigenvalue weighted by molar-refractivity contribution is 7.15. The zero-order chi connectivity index (χ0) is 19.1. The summed E-state index contributed by atoms with van der Waals surface area (Å²) < 4.78 is 20.6. The monoisotopic (exact) mass is 383 g/mol. The highest BCUT2D eigenvalue weighted by Gasteiger charge is 2.12. The van der Waals surface area contributed by atoms with E-state index in [1.807, 2.05) is 19.1 Å². The van der Waals surface area contributed by atoms with Crippen LogP contribution in [0.5, 0.6) is 11.5 Å². The van der Waals surface area contributed by atoms with Crippen LogP contribution in [0.1, 0.15) is 11.3 Å². The molecule has 0 saturated carbocycles. The van der Waals surface area contributed by atoms with Crippen LogP contribution in [0.15, 0.2) is 41.5 Å². The second-order valence-electron chi connectivity index (χ2n) is 5.93. The number of aryl methyl sites for hydroxylation is 1. The van der Waals surface area contributed by atoms with Gasteiger partial charge in [0.1, 0.15) is 0 Å². The molecule has 0 aliphatic rings. The molecule has 27 heavy (non-hydrogen) atoms. The van der Waals surface area contributed by atoms with E-state index in [0.717, 1.165) is 17.3 Å². The lowest BCUT2D eigenvalue weighted by Gasteiger charge is -2.04. The number of benzene rings is 1. The maximum atomic E-state index is 13.8. The fourth-order valence-electron chi connectivity index (χ4n) is 2.76. The van der Waals surface area contributed by atoms with E-state index >= 15 is 0 Å². The minimum absolute atomic E-state index is 0.00498. The first-order valence-electron chi connectivity index (χ1n) is 7.99. The Morgan fingerprint density at radius 2 is 2.15 bits per heavy atom. The lowest BCUT2D eigenvalue weighted by molar-refractivity contribution is 0.357. The molecule has 0 radical (unpaired) electrons. The van der Waals surface area contributed by atoms with Crippen LogP contribution in [0.25, 0.3) is 22.3 Å². The fraction of sp³-hybridized carbons (Fsp3) is 0.105. The third-order valence-corrected chi connectivity index (χ3v) is 5.05. The predicted octanol–water partition coefficient (Wildman–Crippen LogP) is 2.53. The molecule has 6 nitrogen and oxygen atoms in total. The molecule has 3 heterocycles. The number of phenolic OH excluding ortho intramolecular Hbond substituents is 1. The smallest absolute Gasteiger partial charge is 0.274 e. The number of halogens is 1. The van der Waals surface area contributed by atoms with E-state index in [-0.39, 0.29) is 11.3 Å². The number of ether oxygens (including phenoxy) is 1. The van der Waals surface area contributed by atoms with Gasteiger partial charge in [0.05, 0.1) is 17.3 Å². The molecule has 0 bridgehead atoms. The zero-order valence-corrected chi connectivity index (χ0v) is 15.2. The van der Waals surface area contributed by atoms with E-state index in [1.54, 1.807) is 18.5 Å². The molecule has 0 saturated heterocycles. The van der Waals surface area contributed by atoms with Gasteiger partial charge in [0, 0.05) is 23.7 Å². The molecule has 3 aromatic heterocycles. The van der Waals surface area contributed by atoms with Gasteiger partial charge < -0.3 is 9.84 Å². The number of aromatic nitrogens is 3. The van der Waals surface area contributed by atoms with Gasteiger partial charge in [0.25, 0.3) is 5.56 Å². The van der Waals surface area contributed by atoms with E-state index in [4.69, 9.17) is 4.74 Å². The molecular formula is C19H14FN3O3S. The van der Waals surface area contributed by atoms with Gasteiger partial charge in [-0.25, -0.2) is 9.37 Å². The van der Waals surface area contributed by atoms with Crippen LogP contribution in [0.2, 0.25) is 0 Å². The molecule has 0 spiro atoms. The van der Waals surface area contributed by atoms with Crippen LogP contribution in [0, 0.1) is 12.7 Å². The summed E-state index contributed by atoms with van der Waals surface area (Å²) in [6.45, 7) is 1.89. The largest absolute Gasteiger partial charge is 0.502 e. The SMILES string of the molecule is COc1cc(C=c2sc3nc(-c4ccnc(C)c4)cn3c2=O)cc(F)c1O. The lowest BCUT2D eigenvalue weighted by atomic mass is 10.2. The van der Waals surface area contributed by atoms with Gasteiger partial charge >= 0.3 is 0 Å². The number of fused-ring (bicyclic) bond motifs is 1. The molecular weight excluding hydrogens is 369 g/mol. The molecule has 0 aliphatic heterocycles. The number of aromatic hydroxyl groups is 1. The van der Waals surface area contributed by atoms with Crippen LogP contribution in [0.3, 0.4) is 0 Å². The number of pyridine rings is 1. The van der Waals surface area contributed by atoms with E-state index < -0.39 is 11.6 Å². The highest BCUT2D eigenvalue weighted by atomic mass is 32.1. The van der Waals surface area contributed by atoms with E-state index in [1.165, 1.54) is 28.9 Å². The van der Waals surface area contributed by atoms with Crippen molar-refractivity contribution >= 4 is 22.4 Å². The van der Waals surface area contributed by atoms with Crippen LogP contribution >= 0.6 is 11.3 Å². The van der Waals surface area contributed by atoms with Crippen LogP contribution in [0.4, 0.5) is 4.39 Å². The van der Waals surface area contributed by atoms with Crippen molar-refractivity contribution < 1.29 is 14.2 Å². The van der Waals surface area contributed by atoms with Gasteiger partial charge in [-0.1, -0.05) is 11.3 Å². The van der Waals surface area contributed by atoms with E-state index in [0.29, 0.717) is 20.8 Å². The molecule has 4 aromatic rings. The van der Waals surface area contributed by atoms with Crippen LogP contribution in [-0.2, 0) is 0 Å². The van der Waals surface area contributed by atoms with Crippen molar-refractivity contribution in [3.8, 4) is 22.8 Å². The quantitative estimate of drug-likeness (QED) is 0.588. The molecule has 4 rings (SSSR count). The second kappa shape index (κ2) is 6.48. The number of hydrogen-bond acceptors (Lipinski definition) is 6. The molecule has 1 aromatic carbocycles. The van der Waals surface area contributed by atoms with Crippen molar-refractivity contribution in [3.63, 3.8) is 0 Å². The van der Waals surface area contributed by atoms with Crippen molar-refractivity contribution in [3.05, 3.63) is 68.6 Å². The van der Waals surface area contributed by atoms with Crippen molar-refractivity contribution in [2.75, 3.05) is 7.11 Å². The minimum atomic E-state index is -0.815. The van der Waals surface area contributed by atoms with Crippen molar-refractivity contribution in [2.45, 2.75) is 6.92 Å². The Morgan fingerprint density at radius 1 is 1.33 bits per heavy atom. The summed E-state index contributed by atoms with van der Waals surface area (Å²) in [6, 6.07) is 6.34. The summed E-state index contributed by atoms with van der Waals surface area (Å²) in [5.41, 5.74) is 2.60. The van der Waals surface area contributed by atoms with Gasteiger partial charge in [-0.3, -0.25) is 14.2 Å². The number of thiazole rings is 1. The summed E-state index contributed by atoms with van der Waals surface area (Å²) in [7, 11) is 1.33. The Hall–Kier alpha value is -3.26. The lowest BCUT2D eigenvalue weighted by Crippen LogP contribution is -2.22. The first-order chi connectivity index (χ1) is 13.0. The maximum Gasteiger partial charge on any atom is 0.274 e. The fourth-order valence-corrected chi connectivity index (χ4v) is 3.72. The molecule has 0 unspecified atom stereocenters. The van der Waals surface area contributed by atoms with Gasteiger partial charge in [-0.2, -0.15) is 0 Å². The Bertz CT molecular complexity index is 1280. The Morgan fingerprint density at radius 3 is 2.85 bits per heavy atom. The predicted molar refractivity (Wildman–Crippen MR) is 101 cm³/mol. The zero-order valence-electron chi connectivity index (χ0n) is 14.4. The summed E-state index contributed by atoms with van der Waals surface area (Å²) in [6.07, 6.45) is 4.92. The number of nitrogens with zero attached hydrogens (tertiary/aromatic N) is 3. The second-order valence-corrected chi connectivity index (χ2v) is 6.94. The normalized spacial score (nSPS) is 12.0. The minimum Gasteiger partial charge on any atom is -0.502 e. The average molecular weight is 383 g/mol. The Balaban J connectivity index is 1.82. The number of hydrogen-bond donors (Lipinski definition) is 1. The first kappa shape index (κ1) is 17.2. The molecule has 0 amide bonds. The number of imidazole rings is 1. The van der Waals surface area contributed by atoms with Crippen molar-refractivity contribution in [1.82, 2.24) is 14.4 Å². The third-order valence-electron chi connectivity index (χ3n) is 4.07. The van der Waals surface area contributed by atoms with Crippen LogP contribution in [-0.4, -0.2) is 26.6 Å². The van der Waals surface area contributed by atoms with E-state index in [2.05, 4.69) is 9.97 Å². The molecule has 0 atom stereocenters. The molecule has 1 N–H and O–H groups in total. The third kappa shape index (κ3) is 3.04. The van der Waals surface area contributed by atoms with Gasteiger partial charge in [0.2, 0.25) is 0 Å². The van der Waals surface area contributed by atoms with Gasteiger partial charge in [0.15, 0.2) is 22.3 Å². The highest BCUT2D eigenvalue weighted by Crippen LogP contribution is 2.30. The maximum absolute atomic E-state index is 13.8. The molecule has 0 fully saturated rings. The number of phenols is 1. The van der Waals surface area contributed by atoms with Gasteiger partial charge in [-0.15, -0.1) is 0 Å². The van der Waals surface area contributed by atoms with Crippen LogP contribution < -0.4 is 14.8 Å². The topological polar surface area (TPSA) is 76.7 Å².